The molecule has 3 atom stereocenters. The molecule has 98 valence electrons. The Labute approximate surface area is 108 Å². The minimum absolute atomic E-state index is 0.143. The van der Waals surface area contributed by atoms with Gasteiger partial charge < -0.3 is 5.32 Å². The maximum Gasteiger partial charge on any atom is 0.123 e. The third-order valence-electron chi connectivity index (χ3n) is 4.50. The predicted octanol–water partition coefficient (Wildman–Crippen LogP) is 2.43. The van der Waals surface area contributed by atoms with E-state index in [1.807, 2.05) is 12.1 Å². The van der Waals surface area contributed by atoms with Crippen molar-refractivity contribution in [1.29, 1.82) is 0 Å². The van der Waals surface area contributed by atoms with Gasteiger partial charge in [0.25, 0.3) is 0 Å². The van der Waals surface area contributed by atoms with Crippen LogP contribution in [0.4, 0.5) is 4.39 Å². The lowest BCUT2D eigenvalue weighted by atomic mass is 10.0. The van der Waals surface area contributed by atoms with Gasteiger partial charge in [-0.2, -0.15) is 0 Å². The molecule has 2 aliphatic rings. The van der Waals surface area contributed by atoms with Gasteiger partial charge in [0.05, 0.1) is 0 Å². The third-order valence-corrected chi connectivity index (χ3v) is 4.50. The van der Waals surface area contributed by atoms with Crippen molar-refractivity contribution in [1.82, 2.24) is 10.2 Å². The fourth-order valence-electron chi connectivity index (χ4n) is 3.54. The van der Waals surface area contributed by atoms with Crippen LogP contribution in [0.15, 0.2) is 24.3 Å². The Hall–Kier alpha value is -0.930. The highest BCUT2D eigenvalue weighted by Crippen LogP contribution is 2.34. The molecular weight excluding hydrogens is 227 g/mol. The van der Waals surface area contributed by atoms with Crippen LogP contribution in [0.3, 0.4) is 0 Å². The van der Waals surface area contributed by atoms with Crippen molar-refractivity contribution in [3.05, 3.63) is 35.6 Å². The van der Waals surface area contributed by atoms with E-state index in [9.17, 15) is 4.39 Å². The summed E-state index contributed by atoms with van der Waals surface area (Å²) in [5.41, 5.74) is 1.26. The molecule has 1 aromatic rings. The van der Waals surface area contributed by atoms with Crippen LogP contribution in [0, 0.1) is 17.7 Å². The zero-order chi connectivity index (χ0) is 12.5. The summed E-state index contributed by atoms with van der Waals surface area (Å²) in [4.78, 5) is 2.59. The van der Waals surface area contributed by atoms with Gasteiger partial charge in [0.1, 0.15) is 5.82 Å². The zero-order valence-corrected chi connectivity index (χ0v) is 10.9. The standard InChI is InChI=1S/C15H21FN2/c1-2-15(11-3-5-14(16)6-4-11)18-9-12-7-17-8-13(12)10-18/h3-6,12-13,15,17H,2,7-10H2,1H3. The topological polar surface area (TPSA) is 15.3 Å². The largest absolute Gasteiger partial charge is 0.316 e. The molecule has 2 nitrogen and oxygen atoms in total. The van der Waals surface area contributed by atoms with Gasteiger partial charge in [-0.25, -0.2) is 4.39 Å². The van der Waals surface area contributed by atoms with Crippen LogP contribution in [-0.2, 0) is 0 Å². The van der Waals surface area contributed by atoms with Crippen molar-refractivity contribution in [3.8, 4) is 0 Å². The molecule has 2 saturated heterocycles. The average molecular weight is 248 g/mol. The molecule has 3 unspecified atom stereocenters. The van der Waals surface area contributed by atoms with Crippen molar-refractivity contribution in [3.63, 3.8) is 0 Å². The Kier molecular flexibility index (Phi) is 3.35. The first-order valence-corrected chi connectivity index (χ1v) is 6.98. The fraction of sp³-hybridized carbons (Fsp3) is 0.600. The van der Waals surface area contributed by atoms with E-state index in [0.29, 0.717) is 6.04 Å². The lowest BCUT2D eigenvalue weighted by Crippen LogP contribution is -2.29. The molecule has 0 aromatic heterocycles. The fourth-order valence-corrected chi connectivity index (χ4v) is 3.54. The van der Waals surface area contributed by atoms with Crippen molar-refractivity contribution in [2.75, 3.05) is 26.2 Å². The Morgan fingerprint density at radius 3 is 2.39 bits per heavy atom. The van der Waals surface area contributed by atoms with Crippen molar-refractivity contribution < 1.29 is 4.39 Å². The maximum absolute atomic E-state index is 13.0. The van der Waals surface area contributed by atoms with Gasteiger partial charge in [-0.1, -0.05) is 19.1 Å². The third kappa shape index (κ3) is 2.17. The summed E-state index contributed by atoms with van der Waals surface area (Å²) in [6.45, 7) is 6.93. The molecule has 3 rings (SSSR count). The smallest absolute Gasteiger partial charge is 0.123 e. The van der Waals surface area contributed by atoms with Gasteiger partial charge in [0, 0.05) is 19.1 Å². The normalized spacial score (nSPS) is 29.4. The number of rotatable bonds is 3. The summed E-state index contributed by atoms with van der Waals surface area (Å²) >= 11 is 0. The van der Waals surface area contributed by atoms with E-state index in [1.54, 1.807) is 12.1 Å². The van der Waals surface area contributed by atoms with Gasteiger partial charge in [-0.15, -0.1) is 0 Å². The number of hydrogen-bond donors (Lipinski definition) is 1. The second-order valence-electron chi connectivity index (χ2n) is 5.61. The van der Waals surface area contributed by atoms with Crippen LogP contribution < -0.4 is 5.32 Å². The molecule has 1 N–H and O–H groups in total. The van der Waals surface area contributed by atoms with E-state index >= 15 is 0 Å². The second-order valence-corrected chi connectivity index (χ2v) is 5.61. The number of benzene rings is 1. The van der Waals surface area contributed by atoms with Gasteiger partial charge in [0.15, 0.2) is 0 Å². The molecule has 0 spiro atoms. The summed E-state index contributed by atoms with van der Waals surface area (Å²) < 4.78 is 13.0. The molecule has 0 bridgehead atoms. The summed E-state index contributed by atoms with van der Waals surface area (Å²) in [6, 6.07) is 7.50. The molecule has 1 aromatic carbocycles. The molecule has 18 heavy (non-hydrogen) atoms. The molecule has 0 amide bonds. The quantitative estimate of drug-likeness (QED) is 0.884. The van der Waals surface area contributed by atoms with Crippen LogP contribution in [0.25, 0.3) is 0 Å². The minimum Gasteiger partial charge on any atom is -0.316 e. The van der Waals surface area contributed by atoms with Gasteiger partial charge >= 0.3 is 0 Å². The van der Waals surface area contributed by atoms with E-state index in [4.69, 9.17) is 0 Å². The second kappa shape index (κ2) is 4.98. The number of hydrogen-bond acceptors (Lipinski definition) is 2. The first-order chi connectivity index (χ1) is 8.78. The van der Waals surface area contributed by atoms with Crippen molar-refractivity contribution in [2.45, 2.75) is 19.4 Å². The number of nitrogens with zero attached hydrogens (tertiary/aromatic N) is 1. The van der Waals surface area contributed by atoms with E-state index < -0.39 is 0 Å². The summed E-state index contributed by atoms with van der Waals surface area (Å²) in [6.07, 6.45) is 1.10. The van der Waals surface area contributed by atoms with Gasteiger partial charge in [-0.3, -0.25) is 4.90 Å². The molecule has 2 heterocycles. The van der Waals surface area contributed by atoms with E-state index in [1.165, 1.54) is 31.7 Å². The number of nitrogens with one attached hydrogen (secondary N) is 1. The Morgan fingerprint density at radius 2 is 1.83 bits per heavy atom. The minimum atomic E-state index is -0.143. The van der Waals surface area contributed by atoms with Crippen LogP contribution in [0.2, 0.25) is 0 Å². The Morgan fingerprint density at radius 1 is 1.22 bits per heavy atom. The maximum atomic E-state index is 13.0. The molecule has 3 heteroatoms. The summed E-state index contributed by atoms with van der Waals surface area (Å²) in [7, 11) is 0. The highest BCUT2D eigenvalue weighted by Gasteiger charge is 2.38. The Bertz CT molecular complexity index is 391. The average Bonchev–Trinajstić information content (AvgIpc) is 2.93. The zero-order valence-electron chi connectivity index (χ0n) is 10.9. The molecular formula is C15H21FN2. The molecule has 2 aliphatic heterocycles. The number of halogens is 1. The SMILES string of the molecule is CCC(c1ccc(F)cc1)N1CC2CNCC2C1. The van der Waals surface area contributed by atoms with Gasteiger partial charge in [0.2, 0.25) is 0 Å². The van der Waals surface area contributed by atoms with Crippen LogP contribution >= 0.6 is 0 Å². The van der Waals surface area contributed by atoms with Crippen molar-refractivity contribution >= 4 is 0 Å². The van der Waals surface area contributed by atoms with Crippen LogP contribution in [-0.4, -0.2) is 31.1 Å². The molecule has 0 radical (unpaired) electrons. The lowest BCUT2D eigenvalue weighted by molar-refractivity contribution is 0.222. The van der Waals surface area contributed by atoms with E-state index in [-0.39, 0.29) is 5.82 Å². The van der Waals surface area contributed by atoms with Gasteiger partial charge in [-0.05, 0) is 49.0 Å². The highest BCUT2D eigenvalue weighted by molar-refractivity contribution is 5.20. The highest BCUT2D eigenvalue weighted by atomic mass is 19.1. The van der Waals surface area contributed by atoms with E-state index in [2.05, 4.69) is 17.1 Å². The number of likely N-dealkylation sites (tertiary alicyclic amines) is 1. The van der Waals surface area contributed by atoms with Crippen molar-refractivity contribution in [2.24, 2.45) is 11.8 Å². The first kappa shape index (κ1) is 12.1. The predicted molar refractivity (Wildman–Crippen MR) is 70.9 cm³/mol. The summed E-state index contributed by atoms with van der Waals surface area (Å²) in [5.74, 6) is 1.50. The van der Waals surface area contributed by atoms with Crippen LogP contribution in [0.1, 0.15) is 24.9 Å². The molecule has 0 saturated carbocycles. The Balaban J connectivity index is 1.75. The molecule has 2 fully saturated rings. The number of fused-ring (bicyclic) bond motifs is 1. The molecule has 0 aliphatic carbocycles. The lowest BCUT2D eigenvalue weighted by Gasteiger charge is -2.28. The monoisotopic (exact) mass is 248 g/mol. The summed E-state index contributed by atoms with van der Waals surface area (Å²) in [5, 5.41) is 3.47. The van der Waals surface area contributed by atoms with Crippen LogP contribution in [0.5, 0.6) is 0 Å². The van der Waals surface area contributed by atoms with E-state index in [0.717, 1.165) is 18.3 Å². The first-order valence-electron chi connectivity index (χ1n) is 6.98.